The van der Waals surface area contributed by atoms with Crippen LogP contribution in [-0.4, -0.2) is 0 Å². The van der Waals surface area contributed by atoms with Crippen molar-refractivity contribution in [3.8, 4) is 0 Å². The summed E-state index contributed by atoms with van der Waals surface area (Å²) < 4.78 is 1.35. The predicted octanol–water partition coefficient (Wildman–Crippen LogP) is 4.57. The van der Waals surface area contributed by atoms with E-state index < -0.39 is 0 Å². The van der Waals surface area contributed by atoms with Gasteiger partial charge in [-0.25, -0.2) is 0 Å². The summed E-state index contributed by atoms with van der Waals surface area (Å²) in [6, 6.07) is 10.7. The Balaban J connectivity index is 2.50. The van der Waals surface area contributed by atoms with Crippen molar-refractivity contribution in [3.05, 3.63) is 41.8 Å². The standard InChI is InChI=1S/C13H14S/c1-9(2)10(3)13-8-11-6-4-5-7-12(11)14-13/h4-9H,3H2,1-2H3. The molecule has 0 aliphatic heterocycles. The highest BCUT2D eigenvalue weighted by molar-refractivity contribution is 7.20. The van der Waals surface area contributed by atoms with Crippen LogP contribution in [0.5, 0.6) is 0 Å². The minimum Gasteiger partial charge on any atom is -0.136 e. The van der Waals surface area contributed by atoms with Gasteiger partial charge in [-0.1, -0.05) is 38.6 Å². The van der Waals surface area contributed by atoms with Gasteiger partial charge < -0.3 is 0 Å². The summed E-state index contributed by atoms with van der Waals surface area (Å²) in [6.45, 7) is 8.50. The minimum absolute atomic E-state index is 0.531. The molecule has 0 atom stereocenters. The van der Waals surface area contributed by atoms with Gasteiger partial charge in [0, 0.05) is 9.58 Å². The van der Waals surface area contributed by atoms with E-state index >= 15 is 0 Å². The highest BCUT2D eigenvalue weighted by Gasteiger charge is 2.07. The molecule has 0 unspecified atom stereocenters. The first-order valence-electron chi connectivity index (χ1n) is 4.86. The minimum atomic E-state index is 0.531. The molecule has 0 aliphatic rings. The molecule has 14 heavy (non-hydrogen) atoms. The Kier molecular flexibility index (Phi) is 2.42. The largest absolute Gasteiger partial charge is 0.136 e. The molecule has 1 aromatic carbocycles. The average Bonchev–Trinajstić information content (AvgIpc) is 2.59. The summed E-state index contributed by atoms with van der Waals surface area (Å²) in [5.41, 5.74) is 1.24. The Hall–Kier alpha value is -1.08. The summed E-state index contributed by atoms with van der Waals surface area (Å²) >= 11 is 1.83. The second kappa shape index (κ2) is 3.58. The van der Waals surface area contributed by atoms with Gasteiger partial charge in [-0.15, -0.1) is 11.3 Å². The van der Waals surface area contributed by atoms with Crippen LogP contribution in [0.1, 0.15) is 18.7 Å². The van der Waals surface area contributed by atoms with Gasteiger partial charge in [0.05, 0.1) is 0 Å². The van der Waals surface area contributed by atoms with Crippen LogP contribution in [-0.2, 0) is 0 Å². The van der Waals surface area contributed by atoms with Gasteiger partial charge in [-0.05, 0) is 29.0 Å². The lowest BCUT2D eigenvalue weighted by Gasteiger charge is -2.05. The van der Waals surface area contributed by atoms with Crippen molar-refractivity contribution in [2.45, 2.75) is 13.8 Å². The van der Waals surface area contributed by atoms with E-state index in [2.05, 4.69) is 50.8 Å². The molecule has 72 valence electrons. The third-order valence-corrected chi connectivity index (χ3v) is 3.63. The molecule has 1 heteroatoms. The molecule has 0 nitrogen and oxygen atoms in total. The van der Waals surface area contributed by atoms with Crippen LogP contribution in [0, 0.1) is 5.92 Å². The number of hydrogen-bond acceptors (Lipinski definition) is 1. The predicted molar refractivity (Wildman–Crippen MR) is 65.7 cm³/mol. The van der Waals surface area contributed by atoms with Crippen molar-refractivity contribution in [3.63, 3.8) is 0 Å². The van der Waals surface area contributed by atoms with Crippen molar-refractivity contribution < 1.29 is 0 Å². The number of benzene rings is 1. The molecular weight excluding hydrogens is 188 g/mol. The molecule has 2 aromatic rings. The third-order valence-electron chi connectivity index (χ3n) is 2.44. The van der Waals surface area contributed by atoms with E-state index in [-0.39, 0.29) is 0 Å². The fourth-order valence-corrected chi connectivity index (χ4v) is 2.61. The van der Waals surface area contributed by atoms with Gasteiger partial charge in [-0.2, -0.15) is 0 Å². The van der Waals surface area contributed by atoms with Gasteiger partial charge in [0.15, 0.2) is 0 Å². The molecule has 0 N–H and O–H groups in total. The molecule has 1 aromatic heterocycles. The molecule has 0 fully saturated rings. The second-order valence-electron chi connectivity index (χ2n) is 3.83. The van der Waals surface area contributed by atoms with Crippen LogP contribution in [0.25, 0.3) is 15.7 Å². The maximum Gasteiger partial charge on any atom is 0.0349 e. The van der Waals surface area contributed by atoms with Crippen LogP contribution < -0.4 is 0 Å². The topological polar surface area (TPSA) is 0 Å². The number of allylic oxidation sites excluding steroid dienone is 1. The monoisotopic (exact) mass is 202 g/mol. The molecule has 0 spiro atoms. The molecule has 0 bridgehead atoms. The number of fused-ring (bicyclic) bond motifs is 1. The quantitative estimate of drug-likeness (QED) is 0.669. The van der Waals surface area contributed by atoms with Gasteiger partial charge in [-0.3, -0.25) is 0 Å². The first kappa shape index (κ1) is 9.47. The zero-order valence-corrected chi connectivity index (χ0v) is 9.40. The first-order valence-corrected chi connectivity index (χ1v) is 5.68. The van der Waals surface area contributed by atoms with E-state index in [1.165, 1.54) is 20.5 Å². The van der Waals surface area contributed by atoms with Crippen molar-refractivity contribution in [2.75, 3.05) is 0 Å². The molecule has 0 amide bonds. The fraction of sp³-hybridized carbons (Fsp3) is 0.231. The summed E-state index contributed by atoms with van der Waals surface area (Å²) in [7, 11) is 0. The Morgan fingerprint density at radius 2 is 2.00 bits per heavy atom. The van der Waals surface area contributed by atoms with Gasteiger partial charge in [0.1, 0.15) is 0 Å². The van der Waals surface area contributed by atoms with Crippen LogP contribution in [0.15, 0.2) is 36.9 Å². The average molecular weight is 202 g/mol. The first-order chi connectivity index (χ1) is 6.68. The fourth-order valence-electron chi connectivity index (χ4n) is 1.42. The number of rotatable bonds is 2. The van der Waals surface area contributed by atoms with Crippen molar-refractivity contribution in [2.24, 2.45) is 5.92 Å². The van der Waals surface area contributed by atoms with E-state index in [1.807, 2.05) is 11.3 Å². The zero-order chi connectivity index (χ0) is 10.1. The highest BCUT2D eigenvalue weighted by atomic mass is 32.1. The van der Waals surface area contributed by atoms with Gasteiger partial charge in [0.25, 0.3) is 0 Å². The number of thiophene rings is 1. The maximum absolute atomic E-state index is 4.13. The van der Waals surface area contributed by atoms with E-state index in [1.54, 1.807) is 0 Å². The molecular formula is C13H14S. The lowest BCUT2D eigenvalue weighted by molar-refractivity contribution is 0.861. The van der Waals surface area contributed by atoms with E-state index in [0.717, 1.165) is 0 Å². The van der Waals surface area contributed by atoms with E-state index in [9.17, 15) is 0 Å². The normalized spacial score (nSPS) is 11.1. The molecule has 0 saturated heterocycles. The zero-order valence-electron chi connectivity index (χ0n) is 8.58. The van der Waals surface area contributed by atoms with Crippen molar-refractivity contribution in [1.29, 1.82) is 0 Å². The van der Waals surface area contributed by atoms with Gasteiger partial charge >= 0.3 is 0 Å². The molecule has 0 saturated carbocycles. The lowest BCUT2D eigenvalue weighted by atomic mass is 10.0. The number of hydrogen-bond donors (Lipinski definition) is 0. The Morgan fingerprint density at radius 3 is 2.64 bits per heavy atom. The van der Waals surface area contributed by atoms with Crippen LogP contribution in [0.4, 0.5) is 0 Å². The molecule has 2 rings (SSSR count). The van der Waals surface area contributed by atoms with Crippen molar-refractivity contribution >= 4 is 27.0 Å². The van der Waals surface area contributed by atoms with Crippen LogP contribution >= 0.6 is 11.3 Å². The van der Waals surface area contributed by atoms with Crippen LogP contribution in [0.2, 0.25) is 0 Å². The lowest BCUT2D eigenvalue weighted by Crippen LogP contribution is -1.87. The smallest absolute Gasteiger partial charge is 0.0349 e. The second-order valence-corrected chi connectivity index (χ2v) is 4.91. The molecule has 1 heterocycles. The SMILES string of the molecule is C=C(c1cc2ccccc2s1)C(C)C. The summed E-state index contributed by atoms with van der Waals surface area (Å²) in [6.07, 6.45) is 0. The third kappa shape index (κ3) is 1.60. The van der Waals surface area contributed by atoms with E-state index in [4.69, 9.17) is 0 Å². The summed E-state index contributed by atoms with van der Waals surface area (Å²) in [4.78, 5) is 1.32. The Bertz CT molecular complexity index is 430. The summed E-state index contributed by atoms with van der Waals surface area (Å²) in [5.74, 6) is 0.531. The Labute approximate surface area is 88.9 Å². The summed E-state index contributed by atoms with van der Waals surface area (Å²) in [5, 5.41) is 1.33. The van der Waals surface area contributed by atoms with Crippen molar-refractivity contribution in [1.82, 2.24) is 0 Å². The van der Waals surface area contributed by atoms with E-state index in [0.29, 0.717) is 5.92 Å². The molecule has 0 aliphatic carbocycles. The molecule has 0 radical (unpaired) electrons. The van der Waals surface area contributed by atoms with Gasteiger partial charge in [0.2, 0.25) is 0 Å². The van der Waals surface area contributed by atoms with Crippen LogP contribution in [0.3, 0.4) is 0 Å². The Morgan fingerprint density at radius 1 is 1.29 bits per heavy atom. The maximum atomic E-state index is 4.13. The highest BCUT2D eigenvalue weighted by Crippen LogP contribution is 2.32.